The molecule has 21 heavy (non-hydrogen) atoms. The van der Waals surface area contributed by atoms with Crippen LogP contribution in [0, 0.1) is 11.8 Å². The van der Waals surface area contributed by atoms with E-state index < -0.39 is 5.97 Å². The van der Waals surface area contributed by atoms with Crippen LogP contribution in [-0.2, 0) is 9.59 Å². The Labute approximate surface area is 125 Å². The van der Waals surface area contributed by atoms with Crippen molar-refractivity contribution in [3.8, 4) is 5.75 Å². The van der Waals surface area contributed by atoms with Crippen LogP contribution in [0.3, 0.4) is 0 Å². The summed E-state index contributed by atoms with van der Waals surface area (Å²) >= 11 is 0. The molecular weight excluding hydrogens is 270 g/mol. The standard InChI is InChI=1S/C16H23NO4/c1-10(2)11(3)16(20)17-12(4)13-5-7-14(8-6-13)21-9-15(18)19/h5-8,10-12H,9H2,1-4H3,(H,17,20)(H,18,19). The number of hydrogen-bond donors (Lipinski definition) is 2. The minimum absolute atomic E-state index is 0.0312. The van der Waals surface area contributed by atoms with Crippen molar-refractivity contribution in [2.45, 2.75) is 33.7 Å². The summed E-state index contributed by atoms with van der Waals surface area (Å²) in [6.07, 6.45) is 0. The molecule has 5 heteroatoms. The second-order valence-corrected chi connectivity index (χ2v) is 5.51. The van der Waals surface area contributed by atoms with Gasteiger partial charge in [0.1, 0.15) is 5.75 Å². The Morgan fingerprint density at radius 2 is 1.71 bits per heavy atom. The highest BCUT2D eigenvalue weighted by Gasteiger charge is 2.18. The molecule has 1 amide bonds. The van der Waals surface area contributed by atoms with Crippen LogP contribution in [-0.4, -0.2) is 23.6 Å². The molecule has 0 aliphatic carbocycles. The Morgan fingerprint density at radius 1 is 1.14 bits per heavy atom. The lowest BCUT2D eigenvalue weighted by molar-refractivity contribution is -0.139. The van der Waals surface area contributed by atoms with Crippen LogP contribution in [0.1, 0.15) is 39.3 Å². The maximum atomic E-state index is 12.0. The van der Waals surface area contributed by atoms with Crippen LogP contribution in [0.5, 0.6) is 5.75 Å². The van der Waals surface area contributed by atoms with Gasteiger partial charge in [0, 0.05) is 5.92 Å². The average Bonchev–Trinajstić information content (AvgIpc) is 2.44. The van der Waals surface area contributed by atoms with E-state index in [1.165, 1.54) is 0 Å². The SMILES string of the molecule is CC(NC(=O)C(C)C(C)C)c1ccc(OCC(=O)O)cc1. The number of carboxylic acid groups (broad SMARTS) is 1. The fourth-order valence-corrected chi connectivity index (χ4v) is 1.73. The highest BCUT2D eigenvalue weighted by atomic mass is 16.5. The molecule has 1 aromatic carbocycles. The van der Waals surface area contributed by atoms with Crippen LogP contribution < -0.4 is 10.1 Å². The Bertz CT molecular complexity index is 482. The van der Waals surface area contributed by atoms with Gasteiger partial charge in [0.15, 0.2) is 6.61 Å². The lowest BCUT2D eigenvalue weighted by Crippen LogP contribution is -2.33. The van der Waals surface area contributed by atoms with Gasteiger partial charge in [0.05, 0.1) is 6.04 Å². The van der Waals surface area contributed by atoms with E-state index in [9.17, 15) is 9.59 Å². The number of carboxylic acids is 1. The summed E-state index contributed by atoms with van der Waals surface area (Å²) < 4.78 is 5.07. The third-order valence-corrected chi connectivity index (χ3v) is 3.51. The molecule has 0 radical (unpaired) electrons. The normalized spacial score (nSPS) is 13.6. The molecule has 0 saturated heterocycles. The van der Waals surface area contributed by atoms with Crippen LogP contribution in [0.25, 0.3) is 0 Å². The molecule has 0 spiro atoms. The van der Waals surface area contributed by atoms with Crippen molar-refractivity contribution in [2.75, 3.05) is 6.61 Å². The van der Waals surface area contributed by atoms with Gasteiger partial charge in [-0.3, -0.25) is 4.79 Å². The zero-order valence-corrected chi connectivity index (χ0v) is 12.9. The van der Waals surface area contributed by atoms with Gasteiger partial charge in [0.2, 0.25) is 5.91 Å². The fourth-order valence-electron chi connectivity index (χ4n) is 1.73. The van der Waals surface area contributed by atoms with E-state index in [-0.39, 0.29) is 24.5 Å². The largest absolute Gasteiger partial charge is 0.482 e. The summed E-state index contributed by atoms with van der Waals surface area (Å²) in [4.78, 5) is 22.4. The fraction of sp³-hybridized carbons (Fsp3) is 0.500. The van der Waals surface area contributed by atoms with Crippen LogP contribution in [0.2, 0.25) is 0 Å². The molecule has 0 aromatic heterocycles. The minimum Gasteiger partial charge on any atom is -0.482 e. The second-order valence-electron chi connectivity index (χ2n) is 5.51. The molecule has 1 aromatic rings. The molecule has 0 aliphatic heterocycles. The van der Waals surface area contributed by atoms with Crippen molar-refractivity contribution in [3.63, 3.8) is 0 Å². The number of benzene rings is 1. The zero-order valence-electron chi connectivity index (χ0n) is 12.9. The van der Waals surface area contributed by atoms with E-state index in [1.54, 1.807) is 12.1 Å². The van der Waals surface area contributed by atoms with E-state index >= 15 is 0 Å². The number of amides is 1. The molecular formula is C16H23NO4. The quantitative estimate of drug-likeness (QED) is 0.810. The molecule has 2 atom stereocenters. The number of carbonyl (C=O) groups is 2. The van der Waals surface area contributed by atoms with E-state index in [0.29, 0.717) is 11.7 Å². The first-order chi connectivity index (χ1) is 9.81. The molecule has 2 unspecified atom stereocenters. The molecule has 1 rings (SSSR count). The third-order valence-electron chi connectivity index (χ3n) is 3.51. The number of carbonyl (C=O) groups excluding carboxylic acids is 1. The van der Waals surface area contributed by atoms with Crippen LogP contribution in [0.15, 0.2) is 24.3 Å². The molecule has 0 heterocycles. The van der Waals surface area contributed by atoms with Crippen molar-refractivity contribution < 1.29 is 19.4 Å². The van der Waals surface area contributed by atoms with E-state index in [4.69, 9.17) is 9.84 Å². The van der Waals surface area contributed by atoms with Crippen molar-refractivity contribution in [1.82, 2.24) is 5.32 Å². The summed E-state index contributed by atoms with van der Waals surface area (Å²) in [5.74, 6) is -0.226. The van der Waals surface area contributed by atoms with Crippen molar-refractivity contribution in [1.29, 1.82) is 0 Å². The first kappa shape index (κ1) is 17.0. The Morgan fingerprint density at radius 3 is 2.19 bits per heavy atom. The van der Waals surface area contributed by atoms with E-state index in [0.717, 1.165) is 5.56 Å². The first-order valence-electron chi connectivity index (χ1n) is 7.06. The van der Waals surface area contributed by atoms with Gasteiger partial charge in [-0.1, -0.05) is 32.9 Å². The summed E-state index contributed by atoms with van der Waals surface area (Å²) in [5.41, 5.74) is 0.946. The lowest BCUT2D eigenvalue weighted by Gasteiger charge is -2.20. The number of rotatable bonds is 7. The number of nitrogens with one attached hydrogen (secondary N) is 1. The van der Waals surface area contributed by atoms with E-state index in [1.807, 2.05) is 39.8 Å². The molecule has 0 bridgehead atoms. The molecule has 0 aliphatic rings. The Balaban J connectivity index is 2.60. The predicted octanol–water partition coefficient (Wildman–Crippen LogP) is 2.62. The molecule has 0 fully saturated rings. The number of ether oxygens (including phenoxy) is 1. The lowest BCUT2D eigenvalue weighted by atomic mass is 9.96. The van der Waals surface area contributed by atoms with Gasteiger partial charge in [-0.15, -0.1) is 0 Å². The van der Waals surface area contributed by atoms with Crippen LogP contribution >= 0.6 is 0 Å². The van der Waals surface area contributed by atoms with Crippen LogP contribution in [0.4, 0.5) is 0 Å². The summed E-state index contributed by atoms with van der Waals surface area (Å²) in [6.45, 7) is 7.50. The average molecular weight is 293 g/mol. The van der Waals surface area contributed by atoms with Gasteiger partial charge in [-0.05, 0) is 30.5 Å². The highest BCUT2D eigenvalue weighted by molar-refractivity contribution is 5.78. The van der Waals surface area contributed by atoms with Crippen molar-refractivity contribution in [3.05, 3.63) is 29.8 Å². The summed E-state index contributed by atoms with van der Waals surface area (Å²) in [6, 6.07) is 6.94. The van der Waals surface area contributed by atoms with Gasteiger partial charge < -0.3 is 15.2 Å². The van der Waals surface area contributed by atoms with Crippen molar-refractivity contribution >= 4 is 11.9 Å². The summed E-state index contributed by atoms with van der Waals surface area (Å²) in [5, 5.41) is 11.5. The predicted molar refractivity (Wildman–Crippen MR) is 80.1 cm³/mol. The van der Waals surface area contributed by atoms with E-state index in [2.05, 4.69) is 5.32 Å². The number of aliphatic carboxylic acids is 1. The molecule has 0 saturated carbocycles. The highest BCUT2D eigenvalue weighted by Crippen LogP contribution is 2.19. The van der Waals surface area contributed by atoms with Gasteiger partial charge in [-0.2, -0.15) is 0 Å². The Kier molecular flexibility index (Phi) is 6.21. The molecule has 116 valence electrons. The maximum Gasteiger partial charge on any atom is 0.341 e. The maximum absolute atomic E-state index is 12.0. The van der Waals surface area contributed by atoms with Gasteiger partial charge in [-0.25, -0.2) is 4.79 Å². The number of hydrogen-bond acceptors (Lipinski definition) is 3. The molecule has 2 N–H and O–H groups in total. The smallest absolute Gasteiger partial charge is 0.341 e. The third kappa shape index (κ3) is 5.45. The minimum atomic E-state index is -1.01. The first-order valence-corrected chi connectivity index (χ1v) is 7.06. The zero-order chi connectivity index (χ0) is 16.0. The Hall–Kier alpha value is -2.04. The molecule has 5 nitrogen and oxygen atoms in total. The van der Waals surface area contributed by atoms with Gasteiger partial charge >= 0.3 is 5.97 Å². The summed E-state index contributed by atoms with van der Waals surface area (Å²) in [7, 11) is 0. The monoisotopic (exact) mass is 293 g/mol. The topological polar surface area (TPSA) is 75.6 Å². The van der Waals surface area contributed by atoms with Crippen molar-refractivity contribution in [2.24, 2.45) is 11.8 Å². The van der Waals surface area contributed by atoms with Gasteiger partial charge in [0.25, 0.3) is 0 Å². The second kappa shape index (κ2) is 7.67.